The van der Waals surface area contributed by atoms with E-state index < -0.39 is 17.7 Å². The summed E-state index contributed by atoms with van der Waals surface area (Å²) in [4.78, 5) is 10.5. The van der Waals surface area contributed by atoms with Crippen molar-refractivity contribution in [3.8, 4) is 0 Å². The molecule has 4 nitrogen and oxygen atoms in total. The molecule has 0 spiro atoms. The summed E-state index contributed by atoms with van der Waals surface area (Å²) in [5.74, 6) is -2.87. The van der Waals surface area contributed by atoms with E-state index in [1.165, 1.54) is 17.9 Å². The van der Waals surface area contributed by atoms with Gasteiger partial charge in [-0.25, -0.2) is 0 Å². The van der Waals surface area contributed by atoms with E-state index in [0.29, 0.717) is 0 Å². The molecule has 7 heteroatoms. The Balaban J connectivity index is 2.90. The van der Waals surface area contributed by atoms with Crippen molar-refractivity contribution in [1.82, 2.24) is 9.78 Å². The molecule has 1 heterocycles. The van der Waals surface area contributed by atoms with E-state index in [1.54, 1.807) is 0 Å². The number of aromatic nitrogens is 2. The lowest BCUT2D eigenvalue weighted by atomic mass is 10.2. The average Bonchev–Trinajstić information content (AvgIpc) is 2.50. The molecule has 1 aromatic heterocycles. The first-order valence-electron chi connectivity index (χ1n) is 3.81. The largest absolute Gasteiger partial charge is 0.507 e. The van der Waals surface area contributed by atoms with Crippen molar-refractivity contribution in [1.29, 1.82) is 0 Å². The summed E-state index contributed by atoms with van der Waals surface area (Å²) in [5, 5.41) is 12.8. The molecule has 0 aliphatic rings. The van der Waals surface area contributed by atoms with Gasteiger partial charge in [0.25, 0.3) is 5.78 Å². The van der Waals surface area contributed by atoms with Crippen LogP contribution in [-0.2, 0) is 11.8 Å². The first-order chi connectivity index (χ1) is 6.80. The highest BCUT2D eigenvalue weighted by Crippen LogP contribution is 2.19. The number of carbonyl (C=O) groups excluding carboxylic acids is 1. The fourth-order valence-electron chi connectivity index (χ4n) is 0.843. The summed E-state index contributed by atoms with van der Waals surface area (Å²) in [5.41, 5.74) is 0.0510. The van der Waals surface area contributed by atoms with E-state index in [-0.39, 0.29) is 11.6 Å². The van der Waals surface area contributed by atoms with Crippen molar-refractivity contribution in [2.75, 3.05) is 0 Å². The highest BCUT2D eigenvalue weighted by molar-refractivity contribution is 5.99. The molecule has 0 aromatic carbocycles. The van der Waals surface area contributed by atoms with Gasteiger partial charge in [0.2, 0.25) is 0 Å². The molecule has 82 valence electrons. The molecule has 0 saturated carbocycles. The Kier molecular flexibility index (Phi) is 2.83. The molecule has 1 N–H and O–H groups in total. The zero-order valence-corrected chi connectivity index (χ0v) is 7.62. The summed E-state index contributed by atoms with van der Waals surface area (Å²) in [6.45, 7) is 0. The number of rotatable bonds is 2. The van der Waals surface area contributed by atoms with Gasteiger partial charge in [-0.05, 0) is 0 Å². The molecule has 0 aliphatic carbocycles. The molecule has 0 unspecified atom stereocenters. The van der Waals surface area contributed by atoms with Gasteiger partial charge in [-0.15, -0.1) is 0 Å². The van der Waals surface area contributed by atoms with Crippen LogP contribution in [0.25, 0.3) is 5.76 Å². The Morgan fingerprint density at radius 2 is 2.20 bits per heavy atom. The van der Waals surface area contributed by atoms with E-state index in [0.717, 1.165) is 6.20 Å². The molecule has 0 aliphatic heterocycles. The highest BCUT2D eigenvalue weighted by atomic mass is 19.4. The lowest BCUT2D eigenvalue weighted by molar-refractivity contribution is -0.165. The van der Waals surface area contributed by atoms with Gasteiger partial charge < -0.3 is 5.11 Å². The quantitative estimate of drug-likeness (QED) is 0.606. The Labute approximate surface area is 82.6 Å². The Bertz CT molecular complexity index is 406. The fourth-order valence-corrected chi connectivity index (χ4v) is 0.843. The maximum Gasteiger partial charge on any atom is 0.454 e. The van der Waals surface area contributed by atoms with E-state index in [9.17, 15) is 18.0 Å². The summed E-state index contributed by atoms with van der Waals surface area (Å²) in [6.07, 6.45) is -2.42. The average molecular weight is 220 g/mol. The minimum atomic E-state index is -4.98. The zero-order valence-electron chi connectivity index (χ0n) is 7.62. The Morgan fingerprint density at radius 3 is 2.60 bits per heavy atom. The second-order valence-corrected chi connectivity index (χ2v) is 2.79. The summed E-state index contributed by atoms with van der Waals surface area (Å²) < 4.78 is 36.7. The highest BCUT2D eigenvalue weighted by Gasteiger charge is 2.37. The van der Waals surface area contributed by atoms with Crippen molar-refractivity contribution < 1.29 is 23.1 Å². The third-order valence-electron chi connectivity index (χ3n) is 1.55. The predicted molar refractivity (Wildman–Crippen MR) is 44.9 cm³/mol. The van der Waals surface area contributed by atoms with Crippen molar-refractivity contribution in [2.45, 2.75) is 6.18 Å². The number of ketones is 1. The van der Waals surface area contributed by atoms with E-state index in [2.05, 4.69) is 5.10 Å². The number of aliphatic hydroxyl groups is 1. The predicted octanol–water partition coefficient (Wildman–Crippen LogP) is 1.45. The molecule has 0 bridgehead atoms. The van der Waals surface area contributed by atoms with Gasteiger partial charge in [-0.1, -0.05) is 0 Å². The zero-order chi connectivity index (χ0) is 11.6. The molecule has 0 fully saturated rings. The number of hydrogen-bond donors (Lipinski definition) is 1. The minimum Gasteiger partial charge on any atom is -0.507 e. The van der Waals surface area contributed by atoms with E-state index in [4.69, 9.17) is 5.11 Å². The minimum absolute atomic E-state index is 0.0510. The molecule has 15 heavy (non-hydrogen) atoms. The number of nitrogens with zero attached hydrogens (tertiary/aromatic N) is 2. The third-order valence-corrected chi connectivity index (χ3v) is 1.55. The van der Waals surface area contributed by atoms with Gasteiger partial charge in [0.15, 0.2) is 0 Å². The van der Waals surface area contributed by atoms with Crippen LogP contribution in [0.3, 0.4) is 0 Å². The van der Waals surface area contributed by atoms with Crippen LogP contribution in [0.2, 0.25) is 0 Å². The maximum absolute atomic E-state index is 11.8. The van der Waals surface area contributed by atoms with Crippen molar-refractivity contribution >= 4 is 11.5 Å². The van der Waals surface area contributed by atoms with Gasteiger partial charge in [-0.3, -0.25) is 9.48 Å². The van der Waals surface area contributed by atoms with Gasteiger partial charge >= 0.3 is 6.18 Å². The monoisotopic (exact) mass is 220 g/mol. The van der Waals surface area contributed by atoms with Crippen LogP contribution in [0.1, 0.15) is 5.56 Å². The van der Waals surface area contributed by atoms with Crippen LogP contribution in [0.4, 0.5) is 13.2 Å². The van der Waals surface area contributed by atoms with E-state index in [1.807, 2.05) is 0 Å². The standard InChI is InChI=1S/C8H7F3N2O2/c1-13-4-5(3-12-13)6(14)2-7(15)8(9,10)11/h2-4,14H,1H3/b6-2-. The smallest absolute Gasteiger partial charge is 0.454 e. The van der Waals surface area contributed by atoms with Crippen LogP contribution in [-0.4, -0.2) is 26.8 Å². The van der Waals surface area contributed by atoms with Crippen LogP contribution in [0.15, 0.2) is 18.5 Å². The third kappa shape index (κ3) is 2.83. The second-order valence-electron chi connectivity index (χ2n) is 2.79. The first-order valence-corrected chi connectivity index (χ1v) is 3.81. The number of carbonyl (C=O) groups is 1. The van der Waals surface area contributed by atoms with Gasteiger partial charge in [0.1, 0.15) is 5.76 Å². The lowest BCUT2D eigenvalue weighted by Gasteiger charge is -2.00. The first kappa shape index (κ1) is 11.3. The summed E-state index contributed by atoms with van der Waals surface area (Å²) >= 11 is 0. The SMILES string of the molecule is Cn1cc(/C(O)=C/C(=O)C(F)(F)F)cn1. The topological polar surface area (TPSA) is 55.1 Å². The second kappa shape index (κ2) is 3.76. The van der Waals surface area contributed by atoms with Crippen molar-refractivity contribution in [2.24, 2.45) is 7.05 Å². The maximum atomic E-state index is 11.8. The summed E-state index contributed by atoms with van der Waals surface area (Å²) in [7, 11) is 1.53. The lowest BCUT2D eigenvalue weighted by Crippen LogP contribution is -2.20. The Morgan fingerprint density at radius 1 is 1.60 bits per heavy atom. The van der Waals surface area contributed by atoms with E-state index >= 15 is 0 Å². The number of hydrogen-bond acceptors (Lipinski definition) is 3. The van der Waals surface area contributed by atoms with Gasteiger partial charge in [0.05, 0.1) is 11.8 Å². The van der Waals surface area contributed by atoms with Gasteiger partial charge in [0, 0.05) is 19.3 Å². The molecule has 0 atom stereocenters. The number of aryl methyl sites for hydroxylation is 1. The van der Waals surface area contributed by atoms with Crippen molar-refractivity contribution in [3.63, 3.8) is 0 Å². The molecule has 1 rings (SSSR count). The number of halogens is 3. The number of alkyl halides is 3. The summed E-state index contributed by atoms with van der Waals surface area (Å²) in [6, 6.07) is 0. The Hall–Kier alpha value is -1.79. The van der Waals surface area contributed by atoms with Crippen molar-refractivity contribution in [3.05, 3.63) is 24.0 Å². The van der Waals surface area contributed by atoms with Gasteiger partial charge in [-0.2, -0.15) is 18.3 Å². The molecule has 0 radical (unpaired) electrons. The fraction of sp³-hybridized carbons (Fsp3) is 0.250. The molecule has 0 amide bonds. The molecular weight excluding hydrogens is 213 g/mol. The molecule has 0 saturated heterocycles. The van der Waals surface area contributed by atoms with Crippen LogP contribution >= 0.6 is 0 Å². The molecule has 1 aromatic rings. The van der Waals surface area contributed by atoms with Crippen LogP contribution in [0, 0.1) is 0 Å². The normalized spacial score (nSPS) is 12.9. The number of allylic oxidation sites excluding steroid dienone is 1. The van der Waals surface area contributed by atoms with Crippen LogP contribution in [0.5, 0.6) is 0 Å². The van der Waals surface area contributed by atoms with Crippen LogP contribution < -0.4 is 0 Å². The number of aliphatic hydroxyl groups excluding tert-OH is 1. The molecular formula is C8H7F3N2O2.